The van der Waals surface area contributed by atoms with Crippen LogP contribution in [0.25, 0.3) is 0 Å². The Balaban J connectivity index is 2.73. The van der Waals surface area contributed by atoms with E-state index in [1.807, 2.05) is 26.8 Å². The van der Waals surface area contributed by atoms with Crippen LogP contribution in [0.5, 0.6) is 11.5 Å². The summed E-state index contributed by atoms with van der Waals surface area (Å²) in [7, 11) is 4.67. The van der Waals surface area contributed by atoms with E-state index in [4.69, 9.17) is 24.7 Å². The van der Waals surface area contributed by atoms with Gasteiger partial charge in [-0.05, 0) is 38.2 Å². The van der Waals surface area contributed by atoms with Crippen molar-refractivity contribution in [3.63, 3.8) is 0 Å². The van der Waals surface area contributed by atoms with E-state index in [0.29, 0.717) is 29.6 Å². The maximum absolute atomic E-state index is 13.0. The van der Waals surface area contributed by atoms with E-state index >= 15 is 0 Å². The molecule has 0 aliphatic carbocycles. The van der Waals surface area contributed by atoms with E-state index in [0.717, 1.165) is 0 Å². The minimum absolute atomic E-state index is 0.0353. The van der Waals surface area contributed by atoms with Gasteiger partial charge in [0.1, 0.15) is 23.3 Å². The van der Waals surface area contributed by atoms with Gasteiger partial charge in [-0.25, -0.2) is 4.79 Å². The first-order valence-corrected chi connectivity index (χ1v) is 14.0. The number of nitrogens with two attached hydrogens (primary N) is 1. The summed E-state index contributed by atoms with van der Waals surface area (Å²) in [5.74, 6) is -1.21. The van der Waals surface area contributed by atoms with Gasteiger partial charge >= 0.3 is 6.09 Å². The van der Waals surface area contributed by atoms with Crippen molar-refractivity contribution in [2.24, 2.45) is 22.6 Å². The predicted molar refractivity (Wildman–Crippen MR) is 167 cm³/mol. The summed E-state index contributed by atoms with van der Waals surface area (Å²) in [6.07, 6.45) is 7.10. The lowest BCUT2D eigenvalue weighted by molar-refractivity contribution is -0.112. The maximum Gasteiger partial charge on any atom is 0.405 e. The highest BCUT2D eigenvalue weighted by Crippen LogP contribution is 2.44. The number of primary amides is 1. The molecule has 2 rings (SSSR count). The minimum atomic E-state index is -0.959. The van der Waals surface area contributed by atoms with Crippen LogP contribution in [-0.2, 0) is 30.2 Å². The Morgan fingerprint density at radius 2 is 1.86 bits per heavy atom. The number of amides is 2. The molecule has 5 N–H and O–H groups in total. The number of aromatic hydroxyl groups is 2. The van der Waals surface area contributed by atoms with Crippen LogP contribution in [0.15, 0.2) is 59.2 Å². The molecule has 0 saturated heterocycles. The highest BCUT2D eigenvalue weighted by molar-refractivity contribution is 6.04. The van der Waals surface area contributed by atoms with Gasteiger partial charge in [-0.1, -0.05) is 50.8 Å². The zero-order valence-electron chi connectivity index (χ0n) is 26.0. The van der Waals surface area contributed by atoms with E-state index < -0.39 is 30.3 Å². The van der Waals surface area contributed by atoms with Crippen molar-refractivity contribution in [1.82, 2.24) is 0 Å². The normalized spacial score (nSPS) is 26.0. The largest absolute Gasteiger partial charge is 0.506 e. The molecule has 43 heavy (non-hydrogen) atoms. The summed E-state index contributed by atoms with van der Waals surface area (Å²) in [6.45, 7) is 11.0. The Hall–Kier alpha value is -3.93. The lowest BCUT2D eigenvalue weighted by Crippen LogP contribution is -2.38. The molecule has 2 amide bonds. The first kappa shape index (κ1) is 35.3. The zero-order chi connectivity index (χ0) is 32.3. The van der Waals surface area contributed by atoms with E-state index in [2.05, 4.69) is 16.9 Å². The number of carbonyl (C=O) groups is 2. The van der Waals surface area contributed by atoms with Gasteiger partial charge in [0.2, 0.25) is 0 Å². The smallest absolute Gasteiger partial charge is 0.405 e. The van der Waals surface area contributed by atoms with Crippen LogP contribution < -0.4 is 11.1 Å². The summed E-state index contributed by atoms with van der Waals surface area (Å²) >= 11 is 0. The molecule has 0 fully saturated rings. The Morgan fingerprint density at radius 1 is 1.16 bits per heavy atom. The average Bonchev–Trinajstić information content (AvgIpc) is 2.95. The third-order valence-corrected chi connectivity index (χ3v) is 7.35. The Kier molecular flexibility index (Phi) is 13.6. The molecule has 6 atom stereocenters. The van der Waals surface area contributed by atoms with Crippen LogP contribution >= 0.6 is 0 Å². The Labute approximate surface area is 253 Å². The summed E-state index contributed by atoms with van der Waals surface area (Å²) in [6, 6.07) is 1.25. The Morgan fingerprint density at radius 3 is 2.44 bits per heavy atom. The summed E-state index contributed by atoms with van der Waals surface area (Å²) in [4.78, 5) is 29.1. The molecule has 1 aromatic rings. The molecule has 2 bridgehead atoms. The molecule has 1 aliphatic rings. The molecule has 236 valence electrons. The highest BCUT2D eigenvalue weighted by atomic mass is 16.6. The Bertz CT molecular complexity index is 1270. The number of methoxy groups -OCH3 is 3. The summed E-state index contributed by atoms with van der Waals surface area (Å²) < 4.78 is 22.8. The number of ether oxygens (including phenoxy) is 4. The van der Waals surface area contributed by atoms with E-state index in [9.17, 15) is 19.8 Å². The number of anilines is 1. The number of nitrogens with one attached hydrogen (secondary N) is 1. The molecule has 11 nitrogen and oxygen atoms in total. The van der Waals surface area contributed by atoms with Crippen LogP contribution in [0.3, 0.4) is 0 Å². The summed E-state index contributed by atoms with van der Waals surface area (Å²) in [5.41, 5.74) is 6.95. The van der Waals surface area contributed by atoms with Crippen molar-refractivity contribution in [3.05, 3.63) is 59.7 Å². The number of carbonyl (C=O) groups excluding carboxylic acids is 2. The second kappa shape index (κ2) is 16.6. The van der Waals surface area contributed by atoms with Crippen molar-refractivity contribution in [2.45, 2.75) is 65.0 Å². The van der Waals surface area contributed by atoms with Crippen molar-refractivity contribution >= 4 is 29.6 Å². The second-order valence-corrected chi connectivity index (χ2v) is 10.7. The van der Waals surface area contributed by atoms with Crippen LogP contribution in [0, 0.1) is 11.8 Å². The topological polar surface area (TPSA) is 162 Å². The van der Waals surface area contributed by atoms with Crippen LogP contribution in [-0.4, -0.2) is 74.2 Å². The maximum atomic E-state index is 13.0. The molecular formula is C32H45N3O8. The quantitative estimate of drug-likeness (QED) is 0.152. The SMILES string of the molecule is C=CC=Nc1c(O)cc2c(O)c1C[C@@H](C)C[C@H](OC)[C@H](OC)[C@@H](C)C=C(C)[C@H](OC(N)=O)[C@@H](OC)C=CC=C(C)C(=O)N2. The van der Waals surface area contributed by atoms with Gasteiger partial charge in [-0.15, -0.1) is 0 Å². The van der Waals surface area contributed by atoms with Crippen LogP contribution in [0.1, 0.15) is 39.7 Å². The van der Waals surface area contributed by atoms with Gasteiger partial charge in [-0.2, -0.15) is 0 Å². The minimum Gasteiger partial charge on any atom is -0.506 e. The van der Waals surface area contributed by atoms with Crippen molar-refractivity contribution in [3.8, 4) is 11.5 Å². The molecule has 1 heterocycles. The molecule has 0 saturated carbocycles. The number of phenols is 2. The lowest BCUT2D eigenvalue weighted by atomic mass is 9.87. The monoisotopic (exact) mass is 599 g/mol. The molecule has 1 aromatic carbocycles. The highest BCUT2D eigenvalue weighted by Gasteiger charge is 2.31. The number of benzene rings is 1. The fourth-order valence-electron chi connectivity index (χ4n) is 5.22. The van der Waals surface area contributed by atoms with Gasteiger partial charge in [-0.3, -0.25) is 9.79 Å². The number of aliphatic imine (C=N–C) groups is 1. The van der Waals surface area contributed by atoms with Crippen molar-refractivity contribution in [2.75, 3.05) is 26.6 Å². The number of fused-ring (bicyclic) bond motifs is 2. The van der Waals surface area contributed by atoms with Gasteiger partial charge in [0.15, 0.2) is 6.10 Å². The number of hydrogen-bond donors (Lipinski definition) is 4. The first-order valence-electron chi connectivity index (χ1n) is 14.0. The van der Waals surface area contributed by atoms with Crippen LogP contribution in [0.2, 0.25) is 0 Å². The molecular weight excluding hydrogens is 554 g/mol. The molecule has 0 aromatic heterocycles. The lowest BCUT2D eigenvalue weighted by Gasteiger charge is -2.32. The number of rotatable bonds is 6. The molecule has 0 unspecified atom stereocenters. The third kappa shape index (κ3) is 9.54. The number of phenolic OH excluding ortho intramolecular Hbond substituents is 2. The fourth-order valence-corrected chi connectivity index (χ4v) is 5.22. The first-order chi connectivity index (χ1) is 20.4. The van der Waals surface area contributed by atoms with E-state index in [1.165, 1.54) is 25.5 Å². The van der Waals surface area contributed by atoms with Gasteiger partial charge < -0.3 is 40.2 Å². The van der Waals surface area contributed by atoms with E-state index in [1.54, 1.807) is 39.4 Å². The zero-order valence-corrected chi connectivity index (χ0v) is 26.0. The molecule has 0 spiro atoms. The number of hydrogen-bond acceptors (Lipinski definition) is 9. The van der Waals surface area contributed by atoms with Gasteiger partial charge in [0.25, 0.3) is 5.91 Å². The second-order valence-electron chi connectivity index (χ2n) is 10.7. The predicted octanol–water partition coefficient (Wildman–Crippen LogP) is 5.10. The van der Waals surface area contributed by atoms with Crippen molar-refractivity contribution < 1.29 is 38.7 Å². The van der Waals surface area contributed by atoms with Crippen LogP contribution in [0.4, 0.5) is 16.2 Å². The molecule has 0 radical (unpaired) electrons. The van der Waals surface area contributed by atoms with Crippen molar-refractivity contribution in [1.29, 1.82) is 0 Å². The molecule has 1 aliphatic heterocycles. The molecule has 11 heteroatoms. The van der Waals surface area contributed by atoms with E-state index in [-0.39, 0.29) is 40.8 Å². The van der Waals surface area contributed by atoms with Gasteiger partial charge in [0.05, 0.1) is 17.9 Å². The standard InChI is InChI=1S/C32H45N3O8/c1-9-13-34-27-22-14-18(2)15-26(41-7)29(42-8)20(4)16-21(5)30(43-32(33)39)25(40-6)12-10-11-19(3)31(38)35-23(28(22)37)17-24(27)36/h9-13,16-18,20,25-26,29-30,36-37H,1,14-15H2,2-8H3,(H2,33,39)(H,35,38)/t18-,20+,25+,26+,29-,30+/m1/s1. The fraction of sp³-hybridized carbons (Fsp3) is 0.469. The number of allylic oxidation sites excluding steroid dienone is 3. The average molecular weight is 600 g/mol. The number of nitrogens with zero attached hydrogens (tertiary/aromatic N) is 1. The summed E-state index contributed by atoms with van der Waals surface area (Å²) in [5, 5.41) is 24.8. The third-order valence-electron chi connectivity index (χ3n) is 7.35. The van der Waals surface area contributed by atoms with Gasteiger partial charge in [0, 0.05) is 50.7 Å².